The molecule has 0 spiro atoms. The molecule has 10 aromatic carbocycles. The summed E-state index contributed by atoms with van der Waals surface area (Å²) in [7, 11) is 0. The van der Waals surface area contributed by atoms with E-state index in [0.717, 1.165) is 50.1 Å². The van der Waals surface area contributed by atoms with Gasteiger partial charge in [-0.05, 0) is 97.7 Å². The minimum atomic E-state index is -0.532. The summed E-state index contributed by atoms with van der Waals surface area (Å²) < 4.78 is 6.86. The van der Waals surface area contributed by atoms with Gasteiger partial charge < -0.3 is 9.32 Å². The molecule has 1 heterocycles. The van der Waals surface area contributed by atoms with Crippen LogP contribution in [0.15, 0.2) is 241 Å². The van der Waals surface area contributed by atoms with E-state index in [9.17, 15) is 0 Å². The molecule has 0 atom stereocenters. The lowest BCUT2D eigenvalue weighted by Crippen LogP contribution is -2.28. The zero-order chi connectivity index (χ0) is 40.3. The van der Waals surface area contributed by atoms with Gasteiger partial charge in [0.25, 0.3) is 0 Å². The lowest BCUT2D eigenvalue weighted by molar-refractivity contribution is 0.670. The summed E-state index contributed by atoms with van der Waals surface area (Å²) in [4.78, 5) is 2.43. The summed E-state index contributed by atoms with van der Waals surface area (Å²) in [6.07, 6.45) is 0. The molecule has 0 bridgehead atoms. The predicted molar refractivity (Wildman–Crippen MR) is 254 cm³/mol. The van der Waals surface area contributed by atoms with Gasteiger partial charge in [0.15, 0.2) is 0 Å². The Hall–Kier alpha value is -7.94. The molecule has 2 heteroatoms. The number of nitrogens with zero attached hydrogens (tertiary/aromatic N) is 1. The SMILES string of the molecule is c1ccc(-c2ccc(N(c3ccc4c(c3)C(c3ccccc3)(c3ccccc3)c3ccccc3-4)c3ccccc3-c3cccc4c3oc3cc5ccccc5cc34)cc2)cc1. The quantitative estimate of drug-likeness (QED) is 0.160. The van der Waals surface area contributed by atoms with Crippen LogP contribution in [0.1, 0.15) is 22.3 Å². The first-order valence-corrected chi connectivity index (χ1v) is 21.0. The van der Waals surface area contributed by atoms with Crippen molar-refractivity contribution in [1.82, 2.24) is 0 Å². The molecule has 1 aromatic heterocycles. The fourth-order valence-electron chi connectivity index (χ4n) is 10.0. The first-order chi connectivity index (χ1) is 30.3. The second-order valence-corrected chi connectivity index (χ2v) is 16.0. The molecule has 12 rings (SSSR count). The van der Waals surface area contributed by atoms with E-state index < -0.39 is 5.41 Å². The van der Waals surface area contributed by atoms with Gasteiger partial charge in [0.05, 0.1) is 11.1 Å². The largest absolute Gasteiger partial charge is 0.455 e. The average molecular weight is 778 g/mol. The lowest BCUT2D eigenvalue weighted by Gasteiger charge is -2.35. The average Bonchev–Trinajstić information content (AvgIpc) is 3.85. The van der Waals surface area contributed by atoms with E-state index in [4.69, 9.17) is 4.42 Å². The molecule has 0 aliphatic heterocycles. The van der Waals surface area contributed by atoms with Crippen LogP contribution in [0.25, 0.3) is 66.1 Å². The third-order valence-electron chi connectivity index (χ3n) is 12.7. The van der Waals surface area contributed by atoms with Crippen LogP contribution in [-0.2, 0) is 5.41 Å². The van der Waals surface area contributed by atoms with Gasteiger partial charge >= 0.3 is 0 Å². The van der Waals surface area contributed by atoms with Crippen LogP contribution in [0.5, 0.6) is 0 Å². The van der Waals surface area contributed by atoms with Crippen molar-refractivity contribution >= 4 is 49.8 Å². The first-order valence-electron chi connectivity index (χ1n) is 21.0. The summed E-state index contributed by atoms with van der Waals surface area (Å²) in [6, 6.07) is 86.0. The van der Waals surface area contributed by atoms with Gasteiger partial charge in [-0.2, -0.15) is 0 Å². The van der Waals surface area contributed by atoms with E-state index in [-0.39, 0.29) is 0 Å². The van der Waals surface area contributed by atoms with Crippen LogP contribution in [0.3, 0.4) is 0 Å². The van der Waals surface area contributed by atoms with Gasteiger partial charge in [-0.1, -0.05) is 194 Å². The number of benzene rings is 10. The van der Waals surface area contributed by atoms with E-state index in [1.165, 1.54) is 55.3 Å². The zero-order valence-corrected chi connectivity index (χ0v) is 33.4. The van der Waals surface area contributed by atoms with Gasteiger partial charge in [0.2, 0.25) is 0 Å². The maximum absolute atomic E-state index is 6.86. The van der Waals surface area contributed by atoms with Crippen molar-refractivity contribution in [1.29, 1.82) is 0 Å². The molecule has 61 heavy (non-hydrogen) atoms. The molecule has 2 nitrogen and oxygen atoms in total. The molecule has 0 N–H and O–H groups in total. The smallest absolute Gasteiger partial charge is 0.143 e. The summed E-state index contributed by atoms with van der Waals surface area (Å²) in [5.74, 6) is 0. The van der Waals surface area contributed by atoms with Crippen LogP contribution in [-0.4, -0.2) is 0 Å². The summed E-state index contributed by atoms with van der Waals surface area (Å²) >= 11 is 0. The molecular weight excluding hydrogens is 739 g/mol. The Kier molecular flexibility index (Phi) is 8.11. The summed E-state index contributed by atoms with van der Waals surface area (Å²) in [6.45, 7) is 0. The van der Waals surface area contributed by atoms with Crippen molar-refractivity contribution in [3.05, 3.63) is 259 Å². The Morgan fingerprint density at radius 3 is 1.64 bits per heavy atom. The minimum Gasteiger partial charge on any atom is -0.455 e. The maximum Gasteiger partial charge on any atom is 0.143 e. The van der Waals surface area contributed by atoms with E-state index in [1.807, 2.05) is 0 Å². The number of hydrogen-bond acceptors (Lipinski definition) is 2. The highest BCUT2D eigenvalue weighted by Crippen LogP contribution is 2.57. The van der Waals surface area contributed by atoms with Crippen LogP contribution in [0, 0.1) is 0 Å². The summed E-state index contributed by atoms with van der Waals surface area (Å²) in [5.41, 5.74) is 16.5. The standard InChI is InChI=1S/C59H39NO/c1-4-17-40(18-5-1)41-31-33-46(34-32-41)60(56-30-15-13-26-50(56)51-27-16-28-52-53-37-42-19-10-11-20-43(42)38-57(53)61-58(51)52)47-35-36-49-48-25-12-14-29-54(48)59(55(49)39-47,44-21-6-2-7-22-44)45-23-8-3-9-24-45/h1-39H. The number of fused-ring (bicyclic) bond motifs is 7. The van der Waals surface area contributed by atoms with Crippen LogP contribution in [0.2, 0.25) is 0 Å². The molecule has 0 unspecified atom stereocenters. The Morgan fingerprint density at radius 2 is 0.902 bits per heavy atom. The number of hydrogen-bond donors (Lipinski definition) is 0. The Balaban J connectivity index is 1.11. The first kappa shape index (κ1) is 35.0. The summed E-state index contributed by atoms with van der Waals surface area (Å²) in [5, 5.41) is 4.60. The normalized spacial score (nSPS) is 12.7. The molecule has 0 saturated heterocycles. The second kappa shape index (κ2) is 14.1. The molecule has 0 amide bonds. The molecule has 11 aromatic rings. The van der Waals surface area contributed by atoms with Crippen molar-refractivity contribution in [2.45, 2.75) is 5.41 Å². The number of anilines is 3. The van der Waals surface area contributed by atoms with Crippen molar-refractivity contribution in [2.75, 3.05) is 4.90 Å². The number of furan rings is 1. The fourth-order valence-corrected chi connectivity index (χ4v) is 10.0. The topological polar surface area (TPSA) is 16.4 Å². The molecule has 0 saturated carbocycles. The van der Waals surface area contributed by atoms with Crippen molar-refractivity contribution in [2.24, 2.45) is 0 Å². The van der Waals surface area contributed by atoms with Gasteiger partial charge in [0, 0.05) is 33.3 Å². The molecular formula is C59H39NO. The third-order valence-corrected chi connectivity index (χ3v) is 12.7. The monoisotopic (exact) mass is 777 g/mol. The molecule has 1 aliphatic carbocycles. The molecule has 1 aliphatic rings. The van der Waals surface area contributed by atoms with Gasteiger partial charge in [0.1, 0.15) is 11.2 Å². The van der Waals surface area contributed by atoms with Crippen LogP contribution in [0.4, 0.5) is 17.1 Å². The van der Waals surface area contributed by atoms with E-state index in [2.05, 4.69) is 241 Å². The second-order valence-electron chi connectivity index (χ2n) is 16.0. The molecule has 286 valence electrons. The Labute approximate surface area is 355 Å². The highest BCUT2D eigenvalue weighted by atomic mass is 16.3. The van der Waals surface area contributed by atoms with E-state index in [1.54, 1.807) is 0 Å². The van der Waals surface area contributed by atoms with Gasteiger partial charge in [-0.3, -0.25) is 0 Å². The zero-order valence-electron chi connectivity index (χ0n) is 33.4. The van der Waals surface area contributed by atoms with E-state index in [0.29, 0.717) is 0 Å². The van der Waals surface area contributed by atoms with Gasteiger partial charge in [-0.15, -0.1) is 0 Å². The highest BCUT2D eigenvalue weighted by Gasteiger charge is 2.46. The Bertz CT molecular complexity index is 3360. The number of rotatable bonds is 7. The van der Waals surface area contributed by atoms with Crippen LogP contribution >= 0.6 is 0 Å². The van der Waals surface area contributed by atoms with Crippen molar-refractivity contribution in [3.63, 3.8) is 0 Å². The lowest BCUT2D eigenvalue weighted by atomic mass is 9.67. The van der Waals surface area contributed by atoms with Crippen molar-refractivity contribution < 1.29 is 4.42 Å². The van der Waals surface area contributed by atoms with Gasteiger partial charge in [-0.25, -0.2) is 0 Å². The Morgan fingerprint density at radius 1 is 0.344 bits per heavy atom. The number of para-hydroxylation sites is 2. The maximum atomic E-state index is 6.86. The van der Waals surface area contributed by atoms with E-state index >= 15 is 0 Å². The fraction of sp³-hybridized carbons (Fsp3) is 0.0169. The minimum absolute atomic E-state index is 0.532. The predicted octanol–water partition coefficient (Wildman–Crippen LogP) is 15.9. The third kappa shape index (κ3) is 5.50. The highest BCUT2D eigenvalue weighted by molar-refractivity contribution is 6.14. The molecule has 0 radical (unpaired) electrons. The van der Waals surface area contributed by atoms with Crippen molar-refractivity contribution in [3.8, 4) is 33.4 Å². The van der Waals surface area contributed by atoms with Crippen LogP contribution < -0.4 is 4.90 Å². The molecule has 0 fully saturated rings.